The molecule has 0 radical (unpaired) electrons. The van der Waals surface area contributed by atoms with Gasteiger partial charge in [0.05, 0.1) is 11.8 Å². The number of oxime groups is 1. The molecule has 0 fully saturated rings. The second-order valence-corrected chi connectivity index (χ2v) is 5.22. The highest BCUT2D eigenvalue weighted by Crippen LogP contribution is 2.04. The maximum Gasteiger partial charge on any atom is 0.365 e. The van der Waals surface area contributed by atoms with Crippen molar-refractivity contribution in [2.24, 2.45) is 5.16 Å². The monoisotopic (exact) mass is 325 g/mol. The van der Waals surface area contributed by atoms with Gasteiger partial charge in [0.15, 0.2) is 0 Å². The highest BCUT2D eigenvalue weighted by atomic mass is 16.7. The Kier molecular flexibility index (Phi) is 5.37. The van der Waals surface area contributed by atoms with Crippen molar-refractivity contribution in [3.05, 3.63) is 107 Å². The van der Waals surface area contributed by atoms with Crippen molar-refractivity contribution in [3.8, 4) is 11.8 Å². The minimum Gasteiger partial charge on any atom is -0.313 e. The summed E-state index contributed by atoms with van der Waals surface area (Å²) in [5.74, 6) is 5.72. The van der Waals surface area contributed by atoms with Crippen LogP contribution in [0.15, 0.2) is 90.1 Å². The molecule has 0 spiro atoms. The molecule has 0 aliphatic rings. The van der Waals surface area contributed by atoms with Gasteiger partial charge in [0, 0.05) is 11.1 Å². The number of rotatable bonds is 3. The van der Waals surface area contributed by atoms with E-state index in [1.165, 1.54) is 6.21 Å². The van der Waals surface area contributed by atoms with Gasteiger partial charge in [-0.2, -0.15) is 0 Å². The van der Waals surface area contributed by atoms with E-state index in [-0.39, 0.29) is 0 Å². The molecule has 0 N–H and O–H groups in total. The second-order valence-electron chi connectivity index (χ2n) is 5.22. The molecule has 25 heavy (non-hydrogen) atoms. The van der Waals surface area contributed by atoms with Crippen LogP contribution in [-0.4, -0.2) is 12.2 Å². The zero-order valence-corrected chi connectivity index (χ0v) is 13.4. The molecule has 0 heterocycles. The van der Waals surface area contributed by atoms with Gasteiger partial charge >= 0.3 is 5.97 Å². The third kappa shape index (κ3) is 4.92. The lowest BCUT2D eigenvalue weighted by atomic mass is 10.1. The molecule has 3 aromatic carbocycles. The fourth-order valence-electron chi connectivity index (χ4n) is 2.08. The first-order chi connectivity index (χ1) is 12.3. The number of nitrogens with zero attached hydrogens (tertiary/aromatic N) is 1. The molecule has 120 valence electrons. The minimum atomic E-state index is -0.484. The van der Waals surface area contributed by atoms with Crippen LogP contribution in [0.3, 0.4) is 0 Å². The Morgan fingerprint density at radius 2 is 1.32 bits per heavy atom. The molecule has 0 unspecified atom stereocenters. The molecule has 0 atom stereocenters. The van der Waals surface area contributed by atoms with E-state index in [1.54, 1.807) is 24.3 Å². The largest absolute Gasteiger partial charge is 0.365 e. The van der Waals surface area contributed by atoms with Crippen molar-refractivity contribution in [3.63, 3.8) is 0 Å². The summed E-state index contributed by atoms with van der Waals surface area (Å²) in [6.45, 7) is 0. The normalized spacial score (nSPS) is 10.1. The molecule has 3 rings (SSSR count). The lowest BCUT2D eigenvalue weighted by Crippen LogP contribution is -2.00. The van der Waals surface area contributed by atoms with Crippen molar-refractivity contribution < 1.29 is 9.63 Å². The maximum absolute atomic E-state index is 11.8. The number of carbonyl (C=O) groups is 1. The van der Waals surface area contributed by atoms with Gasteiger partial charge in [-0.25, -0.2) is 4.79 Å². The SMILES string of the molecule is O=C(ON=Cc1ccc(C#Cc2ccccc2)cc1)c1ccccc1. The van der Waals surface area contributed by atoms with Crippen molar-refractivity contribution in [1.29, 1.82) is 0 Å². The van der Waals surface area contributed by atoms with Crippen LogP contribution in [0.5, 0.6) is 0 Å². The van der Waals surface area contributed by atoms with E-state index in [2.05, 4.69) is 17.0 Å². The highest BCUT2D eigenvalue weighted by Gasteiger charge is 2.04. The van der Waals surface area contributed by atoms with E-state index >= 15 is 0 Å². The van der Waals surface area contributed by atoms with Gasteiger partial charge in [-0.1, -0.05) is 65.5 Å². The zero-order valence-electron chi connectivity index (χ0n) is 13.4. The predicted molar refractivity (Wildman–Crippen MR) is 98.3 cm³/mol. The first kappa shape index (κ1) is 16.2. The van der Waals surface area contributed by atoms with Crippen molar-refractivity contribution in [2.75, 3.05) is 0 Å². The molecule has 0 amide bonds. The molecule has 3 nitrogen and oxygen atoms in total. The Bertz CT molecular complexity index is 919. The van der Waals surface area contributed by atoms with Crippen molar-refractivity contribution >= 4 is 12.2 Å². The summed E-state index contributed by atoms with van der Waals surface area (Å²) in [4.78, 5) is 16.6. The zero-order chi connectivity index (χ0) is 17.3. The van der Waals surface area contributed by atoms with Gasteiger partial charge in [-0.3, -0.25) is 0 Å². The Morgan fingerprint density at radius 3 is 1.96 bits per heavy atom. The van der Waals surface area contributed by atoms with Crippen LogP contribution in [0.25, 0.3) is 0 Å². The first-order valence-corrected chi connectivity index (χ1v) is 7.78. The van der Waals surface area contributed by atoms with Crippen LogP contribution in [-0.2, 0) is 4.84 Å². The quantitative estimate of drug-likeness (QED) is 0.312. The van der Waals surface area contributed by atoms with E-state index in [4.69, 9.17) is 4.84 Å². The average Bonchev–Trinajstić information content (AvgIpc) is 2.69. The van der Waals surface area contributed by atoms with Crippen LogP contribution in [0.1, 0.15) is 27.0 Å². The Balaban J connectivity index is 1.59. The highest BCUT2D eigenvalue weighted by molar-refractivity contribution is 5.90. The summed E-state index contributed by atoms with van der Waals surface area (Å²) in [7, 11) is 0. The standard InChI is InChI=1S/C22H15NO2/c24-22(21-9-5-2-6-10-21)25-23-17-20-15-13-19(14-16-20)12-11-18-7-3-1-4-8-18/h1-10,13-17H. The molecular formula is C22H15NO2. The van der Waals surface area contributed by atoms with Crippen LogP contribution < -0.4 is 0 Å². The summed E-state index contributed by atoms with van der Waals surface area (Å²) in [5.41, 5.74) is 3.17. The molecule has 3 aromatic rings. The second kappa shape index (κ2) is 8.28. The molecule has 3 heteroatoms. The third-order valence-electron chi connectivity index (χ3n) is 3.38. The van der Waals surface area contributed by atoms with E-state index in [0.29, 0.717) is 5.56 Å². The number of hydrogen-bond acceptors (Lipinski definition) is 3. The van der Waals surface area contributed by atoms with Gasteiger partial charge in [-0.05, 0) is 42.0 Å². The fourth-order valence-corrected chi connectivity index (χ4v) is 2.08. The van der Waals surface area contributed by atoms with Crippen LogP contribution in [0.2, 0.25) is 0 Å². The van der Waals surface area contributed by atoms with Gasteiger partial charge in [-0.15, -0.1) is 0 Å². The summed E-state index contributed by atoms with van der Waals surface area (Å²) < 4.78 is 0. The third-order valence-corrected chi connectivity index (χ3v) is 3.38. The smallest absolute Gasteiger partial charge is 0.313 e. The average molecular weight is 325 g/mol. The number of hydrogen-bond donors (Lipinski definition) is 0. The van der Waals surface area contributed by atoms with Gasteiger partial charge in [0.25, 0.3) is 0 Å². The summed E-state index contributed by atoms with van der Waals surface area (Å²) >= 11 is 0. The van der Waals surface area contributed by atoms with Crippen LogP contribution in [0, 0.1) is 11.8 Å². The van der Waals surface area contributed by atoms with Crippen molar-refractivity contribution in [1.82, 2.24) is 0 Å². The van der Waals surface area contributed by atoms with E-state index in [9.17, 15) is 4.79 Å². The molecule has 0 bridgehead atoms. The van der Waals surface area contributed by atoms with Crippen LogP contribution >= 0.6 is 0 Å². The Hall–Kier alpha value is -3.64. The van der Waals surface area contributed by atoms with Crippen molar-refractivity contribution in [2.45, 2.75) is 0 Å². The Labute approximate surface area is 146 Å². The summed E-state index contributed by atoms with van der Waals surface area (Å²) in [6.07, 6.45) is 1.50. The first-order valence-electron chi connectivity index (χ1n) is 7.78. The minimum absolute atomic E-state index is 0.464. The molecule has 0 aromatic heterocycles. The number of benzene rings is 3. The van der Waals surface area contributed by atoms with Gasteiger partial charge < -0.3 is 4.84 Å². The lowest BCUT2D eigenvalue weighted by Gasteiger charge is -1.97. The Morgan fingerprint density at radius 1 is 0.760 bits per heavy atom. The molecule has 0 saturated heterocycles. The summed E-state index contributed by atoms with van der Waals surface area (Å²) in [5, 5.41) is 3.73. The molecular weight excluding hydrogens is 310 g/mol. The molecule has 0 aliphatic carbocycles. The van der Waals surface area contributed by atoms with Gasteiger partial charge in [0.1, 0.15) is 0 Å². The lowest BCUT2D eigenvalue weighted by molar-refractivity contribution is 0.0519. The summed E-state index contributed by atoms with van der Waals surface area (Å²) in [6, 6.07) is 26.1. The number of carbonyl (C=O) groups excluding carboxylic acids is 1. The molecule has 0 saturated carbocycles. The van der Waals surface area contributed by atoms with E-state index in [1.807, 2.05) is 60.7 Å². The van der Waals surface area contributed by atoms with E-state index < -0.39 is 5.97 Å². The topological polar surface area (TPSA) is 38.7 Å². The van der Waals surface area contributed by atoms with Gasteiger partial charge in [0.2, 0.25) is 0 Å². The predicted octanol–water partition coefficient (Wildman–Crippen LogP) is 4.28. The molecule has 0 aliphatic heterocycles. The van der Waals surface area contributed by atoms with E-state index in [0.717, 1.165) is 16.7 Å². The van der Waals surface area contributed by atoms with Crippen LogP contribution in [0.4, 0.5) is 0 Å². The maximum atomic E-state index is 11.8. The fraction of sp³-hybridized carbons (Fsp3) is 0.